The van der Waals surface area contributed by atoms with Crippen LogP contribution >= 0.6 is 0 Å². The fourth-order valence-corrected chi connectivity index (χ4v) is 2.14. The van der Waals surface area contributed by atoms with E-state index >= 15 is 0 Å². The topological polar surface area (TPSA) is 46.6 Å². The summed E-state index contributed by atoms with van der Waals surface area (Å²) in [6.45, 7) is 5.05. The fourth-order valence-electron chi connectivity index (χ4n) is 2.14. The van der Waals surface area contributed by atoms with Gasteiger partial charge in [0.15, 0.2) is 5.60 Å². The van der Waals surface area contributed by atoms with Crippen LogP contribution in [0.2, 0.25) is 0 Å². The Labute approximate surface area is 107 Å². The van der Waals surface area contributed by atoms with Gasteiger partial charge in [0.05, 0.1) is 5.69 Å². The number of ketones is 1. The first-order chi connectivity index (χ1) is 8.31. The molecule has 4 heteroatoms. The number of carbonyl (C=O) groups excluding carboxylic acids is 2. The molecule has 0 fully saturated rings. The quantitative estimate of drug-likeness (QED) is 0.802. The summed E-state index contributed by atoms with van der Waals surface area (Å²) in [5.41, 5.74) is 0.770. The summed E-state index contributed by atoms with van der Waals surface area (Å²) in [5, 5.41) is 0. The van der Waals surface area contributed by atoms with E-state index in [-0.39, 0.29) is 11.7 Å². The number of rotatable bonds is 2. The van der Waals surface area contributed by atoms with E-state index < -0.39 is 5.60 Å². The number of nitrogens with zero attached hydrogens (tertiary/aromatic N) is 1. The van der Waals surface area contributed by atoms with Gasteiger partial charge in [-0.05, 0) is 38.5 Å². The molecule has 96 valence electrons. The fraction of sp³-hybridized carbons (Fsp3) is 0.429. The Balaban J connectivity index is 2.42. The normalized spacial score (nSPS) is 17.1. The molecule has 1 amide bonds. The molecule has 1 aromatic rings. The zero-order valence-electron chi connectivity index (χ0n) is 11.1. The first-order valence-corrected chi connectivity index (χ1v) is 5.91. The van der Waals surface area contributed by atoms with E-state index in [4.69, 9.17) is 4.74 Å². The van der Waals surface area contributed by atoms with Crippen LogP contribution in [0.3, 0.4) is 0 Å². The SMILES string of the molecule is CC(=O)Cc1ccc2c(c1)N(C)C(=O)C(C)(C)O2. The molecule has 1 aliphatic rings. The largest absolute Gasteiger partial charge is 0.476 e. The van der Waals surface area contributed by atoms with E-state index in [0.29, 0.717) is 12.2 Å². The van der Waals surface area contributed by atoms with Gasteiger partial charge in [-0.2, -0.15) is 0 Å². The van der Waals surface area contributed by atoms with Gasteiger partial charge in [-0.1, -0.05) is 6.07 Å². The van der Waals surface area contributed by atoms with Crippen LogP contribution in [0.5, 0.6) is 5.75 Å². The Morgan fingerprint density at radius 2 is 2.06 bits per heavy atom. The molecule has 0 bridgehead atoms. The molecule has 18 heavy (non-hydrogen) atoms. The summed E-state index contributed by atoms with van der Waals surface area (Å²) >= 11 is 0. The van der Waals surface area contributed by atoms with Crippen LogP contribution in [0.1, 0.15) is 26.3 Å². The number of amides is 1. The second-order valence-electron chi connectivity index (χ2n) is 5.16. The average molecular weight is 247 g/mol. The molecule has 4 nitrogen and oxygen atoms in total. The van der Waals surface area contributed by atoms with Gasteiger partial charge in [-0.15, -0.1) is 0 Å². The zero-order valence-corrected chi connectivity index (χ0v) is 11.1. The Hall–Kier alpha value is -1.84. The van der Waals surface area contributed by atoms with Gasteiger partial charge in [0.25, 0.3) is 5.91 Å². The van der Waals surface area contributed by atoms with Crippen LogP contribution in [-0.2, 0) is 16.0 Å². The van der Waals surface area contributed by atoms with Gasteiger partial charge < -0.3 is 9.64 Å². The predicted molar refractivity (Wildman–Crippen MR) is 68.9 cm³/mol. The molecule has 0 atom stereocenters. The van der Waals surface area contributed by atoms with Crippen molar-refractivity contribution >= 4 is 17.4 Å². The third kappa shape index (κ3) is 2.10. The number of hydrogen-bond acceptors (Lipinski definition) is 3. The molecule has 0 saturated carbocycles. The maximum Gasteiger partial charge on any atom is 0.270 e. The number of fused-ring (bicyclic) bond motifs is 1. The maximum absolute atomic E-state index is 12.1. The molecule has 0 N–H and O–H groups in total. The van der Waals surface area contributed by atoms with E-state index in [2.05, 4.69) is 0 Å². The van der Waals surface area contributed by atoms with E-state index in [1.807, 2.05) is 18.2 Å². The van der Waals surface area contributed by atoms with Crippen LogP contribution in [-0.4, -0.2) is 24.3 Å². The van der Waals surface area contributed by atoms with Crippen molar-refractivity contribution in [3.05, 3.63) is 23.8 Å². The van der Waals surface area contributed by atoms with Crippen LogP contribution in [0.15, 0.2) is 18.2 Å². The number of anilines is 1. The highest BCUT2D eigenvalue weighted by atomic mass is 16.5. The molecule has 2 rings (SSSR count). The molecule has 0 spiro atoms. The number of hydrogen-bond donors (Lipinski definition) is 0. The lowest BCUT2D eigenvalue weighted by atomic mass is 10.0. The van der Waals surface area contributed by atoms with Crippen LogP contribution in [0.4, 0.5) is 5.69 Å². The number of benzene rings is 1. The summed E-state index contributed by atoms with van der Waals surface area (Å²) in [4.78, 5) is 24.8. The van der Waals surface area contributed by atoms with Crippen molar-refractivity contribution in [2.45, 2.75) is 32.8 Å². The average Bonchev–Trinajstić information content (AvgIpc) is 2.26. The Kier molecular flexibility index (Phi) is 2.89. The zero-order chi connectivity index (χ0) is 13.5. The van der Waals surface area contributed by atoms with Crippen LogP contribution in [0, 0.1) is 0 Å². The second-order valence-corrected chi connectivity index (χ2v) is 5.16. The standard InChI is InChI=1S/C14H17NO3/c1-9(16)7-10-5-6-12-11(8-10)15(4)13(17)14(2,3)18-12/h5-6,8H,7H2,1-4H3. The Bertz CT molecular complexity index is 520. The van der Waals surface area contributed by atoms with Crippen molar-refractivity contribution in [3.63, 3.8) is 0 Å². The number of likely N-dealkylation sites (N-methyl/N-ethyl adjacent to an activating group) is 1. The summed E-state index contributed by atoms with van der Waals surface area (Å²) in [7, 11) is 1.73. The van der Waals surface area contributed by atoms with Crippen molar-refractivity contribution < 1.29 is 14.3 Å². The molecule has 1 heterocycles. The second kappa shape index (κ2) is 4.12. The molecule has 0 aromatic heterocycles. The van der Waals surface area contributed by atoms with Gasteiger partial charge >= 0.3 is 0 Å². The van der Waals surface area contributed by atoms with Crippen molar-refractivity contribution in [1.82, 2.24) is 0 Å². The summed E-state index contributed by atoms with van der Waals surface area (Å²) in [6, 6.07) is 5.52. The lowest BCUT2D eigenvalue weighted by molar-refractivity contribution is -0.132. The van der Waals surface area contributed by atoms with Gasteiger partial charge in [0.2, 0.25) is 0 Å². The Morgan fingerprint density at radius 1 is 1.39 bits per heavy atom. The minimum absolute atomic E-state index is 0.0880. The molecule has 0 saturated heterocycles. The predicted octanol–water partition coefficient (Wildman–Crippen LogP) is 1.95. The monoisotopic (exact) mass is 247 g/mol. The lowest BCUT2D eigenvalue weighted by Crippen LogP contribution is -2.50. The minimum atomic E-state index is -0.843. The highest BCUT2D eigenvalue weighted by molar-refractivity contribution is 6.02. The third-order valence-electron chi connectivity index (χ3n) is 3.02. The van der Waals surface area contributed by atoms with Gasteiger partial charge in [-0.3, -0.25) is 9.59 Å². The lowest BCUT2D eigenvalue weighted by Gasteiger charge is -2.37. The molecule has 0 unspecified atom stereocenters. The first-order valence-electron chi connectivity index (χ1n) is 5.91. The number of ether oxygens (including phenoxy) is 1. The van der Waals surface area contributed by atoms with E-state index in [1.54, 1.807) is 32.7 Å². The van der Waals surface area contributed by atoms with Crippen molar-refractivity contribution in [3.8, 4) is 5.75 Å². The molecule has 0 aliphatic carbocycles. The van der Waals surface area contributed by atoms with Crippen LogP contribution < -0.4 is 9.64 Å². The van der Waals surface area contributed by atoms with E-state index in [0.717, 1.165) is 11.3 Å². The molecule has 1 aliphatic heterocycles. The number of Topliss-reactive ketones (excluding diaryl/α,β-unsaturated/α-hetero) is 1. The van der Waals surface area contributed by atoms with Gasteiger partial charge in [0, 0.05) is 13.5 Å². The maximum atomic E-state index is 12.1. The minimum Gasteiger partial charge on any atom is -0.476 e. The third-order valence-corrected chi connectivity index (χ3v) is 3.02. The summed E-state index contributed by atoms with van der Waals surface area (Å²) in [6.07, 6.45) is 0.374. The van der Waals surface area contributed by atoms with Crippen molar-refractivity contribution in [2.75, 3.05) is 11.9 Å². The van der Waals surface area contributed by atoms with E-state index in [9.17, 15) is 9.59 Å². The summed E-state index contributed by atoms with van der Waals surface area (Å²) < 4.78 is 5.69. The smallest absolute Gasteiger partial charge is 0.270 e. The molecular formula is C14H17NO3. The first kappa shape index (κ1) is 12.6. The Morgan fingerprint density at radius 3 is 2.67 bits per heavy atom. The van der Waals surface area contributed by atoms with Crippen molar-refractivity contribution in [1.29, 1.82) is 0 Å². The van der Waals surface area contributed by atoms with Crippen LogP contribution in [0.25, 0.3) is 0 Å². The van der Waals surface area contributed by atoms with Crippen molar-refractivity contribution in [2.24, 2.45) is 0 Å². The highest BCUT2D eigenvalue weighted by Gasteiger charge is 2.39. The van der Waals surface area contributed by atoms with Gasteiger partial charge in [0.1, 0.15) is 11.5 Å². The molecule has 1 aromatic carbocycles. The molecular weight excluding hydrogens is 230 g/mol. The van der Waals surface area contributed by atoms with Gasteiger partial charge in [-0.25, -0.2) is 0 Å². The van der Waals surface area contributed by atoms with E-state index in [1.165, 1.54) is 0 Å². The number of carbonyl (C=O) groups is 2. The highest BCUT2D eigenvalue weighted by Crippen LogP contribution is 2.37. The summed E-state index contributed by atoms with van der Waals surface area (Å²) in [5.74, 6) is 0.686. The molecule has 0 radical (unpaired) electrons.